The molecule has 2 N–H and O–H groups in total. The molecule has 3 aromatic rings. The number of carbonyl (C=O) groups is 2. The number of rotatable bonds is 6. The van der Waals surface area contributed by atoms with E-state index in [2.05, 4.69) is 10.6 Å². The Balaban J connectivity index is 1.71. The summed E-state index contributed by atoms with van der Waals surface area (Å²) in [6.45, 7) is 1.29. The minimum Gasteiger partial charge on any atom is -0.343 e. The van der Waals surface area contributed by atoms with E-state index < -0.39 is 28.8 Å². The van der Waals surface area contributed by atoms with E-state index in [1.54, 1.807) is 42.9 Å². The lowest BCUT2D eigenvalue weighted by Crippen LogP contribution is -2.34. The quantitative estimate of drug-likeness (QED) is 0.474. The standard InChI is InChI=1S/C20H19N5O5/c1-13-18(20(28)24(23(13)2)15-8-4-3-5-9-15)22-17(26)12-21-19(27)14-7-6-10-16(11-14)25(29)30/h3-11H,12H2,1-2H3,(H,21,27)(H,22,26). The van der Waals surface area contributed by atoms with Crippen LogP contribution in [0.15, 0.2) is 59.4 Å². The highest BCUT2D eigenvalue weighted by Crippen LogP contribution is 2.14. The number of anilines is 1. The number of nitrogens with zero attached hydrogens (tertiary/aromatic N) is 3. The number of hydrogen-bond acceptors (Lipinski definition) is 5. The van der Waals surface area contributed by atoms with Gasteiger partial charge in [-0.2, -0.15) is 0 Å². The highest BCUT2D eigenvalue weighted by molar-refractivity contribution is 5.99. The van der Waals surface area contributed by atoms with Gasteiger partial charge in [0, 0.05) is 24.7 Å². The van der Waals surface area contributed by atoms with Crippen LogP contribution < -0.4 is 16.2 Å². The number of benzene rings is 2. The molecule has 0 bridgehead atoms. The molecule has 0 aliphatic carbocycles. The number of nitro groups is 1. The molecule has 2 aromatic carbocycles. The smallest absolute Gasteiger partial charge is 0.295 e. The first-order valence-corrected chi connectivity index (χ1v) is 8.96. The predicted octanol–water partition coefficient (Wildman–Crippen LogP) is 1.76. The van der Waals surface area contributed by atoms with Gasteiger partial charge in [0.2, 0.25) is 5.91 Å². The molecule has 0 unspecified atom stereocenters. The van der Waals surface area contributed by atoms with Crippen LogP contribution in [-0.2, 0) is 11.8 Å². The molecule has 0 radical (unpaired) electrons. The normalized spacial score (nSPS) is 10.5. The largest absolute Gasteiger partial charge is 0.343 e. The van der Waals surface area contributed by atoms with Gasteiger partial charge in [-0.3, -0.25) is 29.2 Å². The second-order valence-electron chi connectivity index (χ2n) is 6.47. The van der Waals surface area contributed by atoms with Gasteiger partial charge in [-0.1, -0.05) is 24.3 Å². The molecule has 0 spiro atoms. The van der Waals surface area contributed by atoms with Crippen LogP contribution in [-0.4, -0.2) is 32.6 Å². The molecule has 0 fully saturated rings. The Morgan fingerprint density at radius 3 is 2.47 bits per heavy atom. The third-order valence-electron chi connectivity index (χ3n) is 4.55. The van der Waals surface area contributed by atoms with Crippen molar-refractivity contribution in [1.82, 2.24) is 14.7 Å². The summed E-state index contributed by atoms with van der Waals surface area (Å²) in [4.78, 5) is 47.5. The number of nitrogens with one attached hydrogen (secondary N) is 2. The Morgan fingerprint density at radius 2 is 1.80 bits per heavy atom. The molecular formula is C20H19N5O5. The van der Waals surface area contributed by atoms with Gasteiger partial charge >= 0.3 is 0 Å². The van der Waals surface area contributed by atoms with Crippen molar-refractivity contribution in [2.45, 2.75) is 6.92 Å². The molecule has 1 aromatic heterocycles. The zero-order valence-electron chi connectivity index (χ0n) is 16.3. The highest BCUT2D eigenvalue weighted by atomic mass is 16.6. The van der Waals surface area contributed by atoms with E-state index >= 15 is 0 Å². The minimum absolute atomic E-state index is 0.0549. The molecule has 3 rings (SSSR count). The van der Waals surface area contributed by atoms with Crippen LogP contribution in [0.4, 0.5) is 11.4 Å². The lowest BCUT2D eigenvalue weighted by Gasteiger charge is -2.07. The average Bonchev–Trinajstić information content (AvgIpc) is 2.95. The van der Waals surface area contributed by atoms with Gasteiger partial charge in [0.25, 0.3) is 17.2 Å². The second kappa shape index (κ2) is 8.43. The van der Waals surface area contributed by atoms with Crippen molar-refractivity contribution in [2.75, 3.05) is 11.9 Å². The van der Waals surface area contributed by atoms with E-state index in [9.17, 15) is 24.5 Å². The van der Waals surface area contributed by atoms with Crippen molar-refractivity contribution < 1.29 is 14.5 Å². The summed E-state index contributed by atoms with van der Waals surface area (Å²) in [5.74, 6) is -1.24. The molecule has 10 nitrogen and oxygen atoms in total. The maximum Gasteiger partial charge on any atom is 0.295 e. The molecule has 1 heterocycles. The average molecular weight is 409 g/mol. The Kier molecular flexibility index (Phi) is 5.77. The first kappa shape index (κ1) is 20.5. The molecule has 0 atom stereocenters. The zero-order valence-corrected chi connectivity index (χ0v) is 16.3. The van der Waals surface area contributed by atoms with Gasteiger partial charge in [-0.05, 0) is 25.1 Å². The SMILES string of the molecule is Cc1c(NC(=O)CNC(=O)c2cccc([N+](=O)[O-])c2)c(=O)n(-c2ccccc2)n1C. The molecule has 10 heteroatoms. The molecule has 30 heavy (non-hydrogen) atoms. The van der Waals surface area contributed by atoms with Crippen molar-refractivity contribution in [3.63, 3.8) is 0 Å². The summed E-state index contributed by atoms with van der Waals surface area (Å²) < 4.78 is 3.04. The maximum absolute atomic E-state index is 12.8. The van der Waals surface area contributed by atoms with E-state index in [1.165, 1.54) is 22.9 Å². The summed E-state index contributed by atoms with van der Waals surface area (Å²) >= 11 is 0. The van der Waals surface area contributed by atoms with Crippen LogP contribution in [0.3, 0.4) is 0 Å². The lowest BCUT2D eigenvalue weighted by atomic mass is 10.2. The Bertz CT molecular complexity index is 1180. The number of non-ortho nitro benzene ring substituents is 1. The summed E-state index contributed by atoms with van der Waals surface area (Å²) in [6, 6.07) is 14.1. The predicted molar refractivity (Wildman–Crippen MR) is 110 cm³/mol. The maximum atomic E-state index is 12.8. The van der Waals surface area contributed by atoms with E-state index in [-0.39, 0.29) is 16.9 Å². The summed E-state index contributed by atoms with van der Waals surface area (Å²) in [5, 5.41) is 15.7. The molecule has 0 saturated heterocycles. The van der Waals surface area contributed by atoms with Crippen molar-refractivity contribution in [3.05, 3.63) is 86.3 Å². The van der Waals surface area contributed by atoms with Crippen molar-refractivity contribution >= 4 is 23.2 Å². The number of amides is 2. The molecule has 2 amide bonds. The number of aromatic nitrogens is 2. The lowest BCUT2D eigenvalue weighted by molar-refractivity contribution is -0.384. The Morgan fingerprint density at radius 1 is 1.10 bits per heavy atom. The van der Waals surface area contributed by atoms with Crippen LogP contribution in [0.25, 0.3) is 5.69 Å². The fraction of sp³-hybridized carbons (Fsp3) is 0.150. The highest BCUT2D eigenvalue weighted by Gasteiger charge is 2.19. The molecule has 0 aliphatic heterocycles. The van der Waals surface area contributed by atoms with Gasteiger partial charge in [0.05, 0.1) is 22.8 Å². The van der Waals surface area contributed by atoms with Crippen molar-refractivity contribution in [1.29, 1.82) is 0 Å². The third-order valence-corrected chi connectivity index (χ3v) is 4.55. The van der Waals surface area contributed by atoms with Crippen LogP contribution in [0.5, 0.6) is 0 Å². The summed E-state index contributed by atoms with van der Waals surface area (Å²) in [5.41, 5.74) is 0.720. The minimum atomic E-state index is -0.639. The fourth-order valence-electron chi connectivity index (χ4n) is 2.92. The van der Waals surface area contributed by atoms with E-state index in [4.69, 9.17) is 0 Å². The van der Waals surface area contributed by atoms with Crippen molar-refractivity contribution in [2.24, 2.45) is 7.05 Å². The van der Waals surface area contributed by atoms with E-state index in [0.29, 0.717) is 11.4 Å². The van der Waals surface area contributed by atoms with Gasteiger partial charge in [0.1, 0.15) is 5.69 Å². The van der Waals surface area contributed by atoms with Crippen LogP contribution in [0, 0.1) is 17.0 Å². The van der Waals surface area contributed by atoms with Gasteiger partial charge in [-0.25, -0.2) is 4.68 Å². The first-order valence-electron chi connectivity index (χ1n) is 8.96. The fourth-order valence-corrected chi connectivity index (χ4v) is 2.92. The molecular weight excluding hydrogens is 390 g/mol. The van der Waals surface area contributed by atoms with E-state index in [0.717, 1.165) is 6.07 Å². The van der Waals surface area contributed by atoms with Crippen molar-refractivity contribution in [3.8, 4) is 5.69 Å². The van der Waals surface area contributed by atoms with Crippen LogP contribution in [0.1, 0.15) is 16.1 Å². The van der Waals surface area contributed by atoms with Crippen LogP contribution >= 0.6 is 0 Å². The molecule has 0 saturated carbocycles. The zero-order chi connectivity index (χ0) is 21.8. The van der Waals surface area contributed by atoms with Gasteiger partial charge in [0.15, 0.2) is 0 Å². The van der Waals surface area contributed by atoms with E-state index in [1.807, 2.05) is 6.07 Å². The monoisotopic (exact) mass is 409 g/mol. The summed E-state index contributed by atoms with van der Waals surface area (Å²) in [7, 11) is 1.70. The number of para-hydroxylation sites is 1. The van der Waals surface area contributed by atoms with Gasteiger partial charge in [-0.15, -0.1) is 0 Å². The third kappa shape index (κ3) is 4.12. The first-order chi connectivity index (χ1) is 14.3. The number of hydrogen-bond donors (Lipinski definition) is 2. The Hall–Kier alpha value is -4.21. The van der Waals surface area contributed by atoms with Gasteiger partial charge < -0.3 is 10.6 Å². The Labute approximate surface area is 170 Å². The number of carbonyl (C=O) groups excluding carboxylic acids is 2. The molecule has 0 aliphatic rings. The topological polar surface area (TPSA) is 128 Å². The second-order valence-corrected chi connectivity index (χ2v) is 6.47. The van der Waals surface area contributed by atoms with Crippen LogP contribution in [0.2, 0.25) is 0 Å². The molecule has 154 valence electrons. The number of nitro benzene ring substituents is 1. The summed E-state index contributed by atoms with van der Waals surface area (Å²) in [6.07, 6.45) is 0.